The van der Waals surface area contributed by atoms with Crippen LogP contribution in [-0.2, 0) is 0 Å². The highest BCUT2D eigenvalue weighted by atomic mass is 15.3. The Labute approximate surface area is 119 Å². The fraction of sp³-hybridized carbons (Fsp3) is 1.00. The van der Waals surface area contributed by atoms with Gasteiger partial charge in [0, 0.05) is 18.6 Å². The Kier molecular flexibility index (Phi) is 5.27. The maximum atomic E-state index is 6.29. The van der Waals surface area contributed by atoms with Crippen LogP contribution < -0.4 is 5.73 Å². The van der Waals surface area contributed by atoms with E-state index in [9.17, 15) is 0 Å². The van der Waals surface area contributed by atoms with Crippen molar-refractivity contribution in [2.24, 2.45) is 11.1 Å². The van der Waals surface area contributed by atoms with Gasteiger partial charge in [0.2, 0.25) is 0 Å². The molecule has 2 aliphatic rings. The normalized spacial score (nSPS) is 28.1. The van der Waals surface area contributed by atoms with E-state index in [0.717, 1.165) is 18.9 Å². The van der Waals surface area contributed by atoms with E-state index < -0.39 is 0 Å². The molecule has 0 aromatic rings. The molecule has 0 saturated carbocycles. The van der Waals surface area contributed by atoms with Gasteiger partial charge in [0.05, 0.1) is 0 Å². The lowest BCUT2D eigenvalue weighted by atomic mass is 9.87. The molecule has 2 atom stereocenters. The minimum absolute atomic E-state index is 0.362. The van der Waals surface area contributed by atoms with E-state index in [-0.39, 0.29) is 0 Å². The van der Waals surface area contributed by atoms with Gasteiger partial charge in [-0.25, -0.2) is 0 Å². The molecule has 112 valence electrons. The molecule has 19 heavy (non-hydrogen) atoms. The standard InChI is InChI=1S/C16H33N3/c1-16(2,3)12-14(17)7-11-18-8-5-10-19-9-4-6-15(19)13-18/h14-15H,4-13,17H2,1-3H3. The fourth-order valence-electron chi connectivity index (χ4n) is 3.72. The summed E-state index contributed by atoms with van der Waals surface area (Å²) >= 11 is 0. The first-order valence-electron chi connectivity index (χ1n) is 8.16. The molecular formula is C16H33N3. The van der Waals surface area contributed by atoms with Gasteiger partial charge in [-0.1, -0.05) is 20.8 Å². The Balaban J connectivity index is 1.73. The number of nitrogens with two attached hydrogens (primary N) is 1. The Morgan fingerprint density at radius 3 is 2.63 bits per heavy atom. The minimum Gasteiger partial charge on any atom is -0.328 e. The number of hydrogen-bond donors (Lipinski definition) is 1. The number of nitrogens with zero attached hydrogens (tertiary/aromatic N) is 2. The van der Waals surface area contributed by atoms with Crippen molar-refractivity contribution in [3.63, 3.8) is 0 Å². The molecule has 2 unspecified atom stereocenters. The van der Waals surface area contributed by atoms with Crippen molar-refractivity contribution in [2.75, 3.05) is 32.7 Å². The zero-order valence-electron chi connectivity index (χ0n) is 13.2. The molecule has 2 aliphatic heterocycles. The quantitative estimate of drug-likeness (QED) is 0.848. The number of rotatable bonds is 4. The molecule has 0 aliphatic carbocycles. The van der Waals surface area contributed by atoms with Crippen LogP contribution in [0.15, 0.2) is 0 Å². The predicted octanol–water partition coefficient (Wildman–Crippen LogP) is 2.31. The van der Waals surface area contributed by atoms with Crippen molar-refractivity contribution < 1.29 is 0 Å². The smallest absolute Gasteiger partial charge is 0.0223 e. The zero-order valence-corrected chi connectivity index (χ0v) is 13.2. The Morgan fingerprint density at radius 2 is 1.89 bits per heavy atom. The maximum absolute atomic E-state index is 6.29. The van der Waals surface area contributed by atoms with Gasteiger partial charge in [0.15, 0.2) is 0 Å². The largest absolute Gasteiger partial charge is 0.328 e. The molecular weight excluding hydrogens is 234 g/mol. The van der Waals surface area contributed by atoms with E-state index >= 15 is 0 Å². The van der Waals surface area contributed by atoms with Crippen LogP contribution in [0.1, 0.15) is 52.9 Å². The second-order valence-corrected chi connectivity index (χ2v) is 7.80. The first-order chi connectivity index (χ1) is 8.94. The predicted molar refractivity (Wildman–Crippen MR) is 82.3 cm³/mol. The zero-order chi connectivity index (χ0) is 13.9. The molecule has 2 fully saturated rings. The summed E-state index contributed by atoms with van der Waals surface area (Å²) < 4.78 is 0. The lowest BCUT2D eigenvalue weighted by molar-refractivity contribution is 0.210. The number of hydrogen-bond acceptors (Lipinski definition) is 3. The van der Waals surface area contributed by atoms with E-state index in [1.807, 2.05) is 0 Å². The van der Waals surface area contributed by atoms with Gasteiger partial charge in [0.1, 0.15) is 0 Å². The monoisotopic (exact) mass is 267 g/mol. The van der Waals surface area contributed by atoms with Gasteiger partial charge in [-0.15, -0.1) is 0 Å². The molecule has 2 rings (SSSR count). The molecule has 0 bridgehead atoms. The van der Waals surface area contributed by atoms with Crippen LogP contribution in [0.3, 0.4) is 0 Å². The lowest BCUT2D eigenvalue weighted by Crippen LogP contribution is -2.38. The summed E-state index contributed by atoms with van der Waals surface area (Å²) in [6.45, 7) is 13.3. The molecule has 3 nitrogen and oxygen atoms in total. The first-order valence-corrected chi connectivity index (χ1v) is 8.16. The van der Waals surface area contributed by atoms with Crippen LogP contribution in [-0.4, -0.2) is 54.6 Å². The number of fused-ring (bicyclic) bond motifs is 1. The third kappa shape index (κ3) is 5.05. The second-order valence-electron chi connectivity index (χ2n) is 7.80. The van der Waals surface area contributed by atoms with E-state index in [4.69, 9.17) is 5.73 Å². The average Bonchev–Trinajstić information content (AvgIpc) is 2.63. The lowest BCUT2D eigenvalue weighted by Gasteiger charge is -2.28. The molecule has 2 saturated heterocycles. The molecule has 0 aromatic heterocycles. The molecule has 0 aromatic carbocycles. The topological polar surface area (TPSA) is 32.5 Å². The van der Waals surface area contributed by atoms with Gasteiger partial charge in [-0.05, 0) is 63.7 Å². The fourth-order valence-corrected chi connectivity index (χ4v) is 3.72. The summed E-state index contributed by atoms with van der Waals surface area (Å²) in [6, 6.07) is 1.20. The van der Waals surface area contributed by atoms with E-state index in [0.29, 0.717) is 11.5 Å². The minimum atomic E-state index is 0.362. The average molecular weight is 267 g/mol. The molecule has 0 amide bonds. The second kappa shape index (κ2) is 6.55. The Bertz CT molecular complexity index is 272. The molecule has 3 heteroatoms. The van der Waals surface area contributed by atoms with E-state index in [2.05, 4.69) is 30.6 Å². The van der Waals surface area contributed by atoms with Crippen molar-refractivity contribution in [2.45, 2.75) is 65.0 Å². The van der Waals surface area contributed by atoms with Crippen LogP contribution in [0.4, 0.5) is 0 Å². The molecule has 0 radical (unpaired) electrons. The highest BCUT2D eigenvalue weighted by Crippen LogP contribution is 2.23. The van der Waals surface area contributed by atoms with Gasteiger partial charge in [-0.2, -0.15) is 0 Å². The van der Waals surface area contributed by atoms with Crippen LogP contribution in [0.25, 0.3) is 0 Å². The van der Waals surface area contributed by atoms with Gasteiger partial charge >= 0.3 is 0 Å². The first kappa shape index (κ1) is 15.3. The summed E-state index contributed by atoms with van der Waals surface area (Å²) in [5.74, 6) is 0. The third-order valence-corrected chi connectivity index (χ3v) is 4.58. The van der Waals surface area contributed by atoms with Crippen molar-refractivity contribution >= 4 is 0 Å². The maximum Gasteiger partial charge on any atom is 0.0223 e. The highest BCUT2D eigenvalue weighted by Gasteiger charge is 2.28. The molecule has 0 spiro atoms. The van der Waals surface area contributed by atoms with Crippen LogP contribution >= 0.6 is 0 Å². The van der Waals surface area contributed by atoms with Crippen molar-refractivity contribution in [1.82, 2.24) is 9.80 Å². The summed E-state index contributed by atoms with van der Waals surface area (Å²) in [5, 5.41) is 0. The SMILES string of the molecule is CC(C)(C)CC(N)CCN1CCCN2CCCC2C1. The summed E-state index contributed by atoms with van der Waals surface area (Å²) in [6.07, 6.45) is 6.44. The van der Waals surface area contributed by atoms with E-state index in [1.165, 1.54) is 52.0 Å². The van der Waals surface area contributed by atoms with Gasteiger partial charge in [-0.3, -0.25) is 4.90 Å². The third-order valence-electron chi connectivity index (χ3n) is 4.58. The van der Waals surface area contributed by atoms with Crippen molar-refractivity contribution in [1.29, 1.82) is 0 Å². The van der Waals surface area contributed by atoms with Crippen LogP contribution in [0.2, 0.25) is 0 Å². The van der Waals surface area contributed by atoms with Crippen LogP contribution in [0.5, 0.6) is 0 Å². The Morgan fingerprint density at radius 1 is 1.16 bits per heavy atom. The summed E-state index contributed by atoms with van der Waals surface area (Å²) in [7, 11) is 0. The van der Waals surface area contributed by atoms with Gasteiger partial charge < -0.3 is 10.6 Å². The molecule has 2 heterocycles. The van der Waals surface area contributed by atoms with Crippen LogP contribution in [0, 0.1) is 5.41 Å². The molecule has 2 N–H and O–H groups in total. The van der Waals surface area contributed by atoms with E-state index in [1.54, 1.807) is 0 Å². The highest BCUT2D eigenvalue weighted by molar-refractivity contribution is 4.85. The van der Waals surface area contributed by atoms with Gasteiger partial charge in [0.25, 0.3) is 0 Å². The summed E-state index contributed by atoms with van der Waals surface area (Å²) in [4.78, 5) is 5.37. The van der Waals surface area contributed by atoms with Crippen molar-refractivity contribution in [3.8, 4) is 0 Å². The summed E-state index contributed by atoms with van der Waals surface area (Å²) in [5.41, 5.74) is 6.65. The Hall–Kier alpha value is -0.120. The van der Waals surface area contributed by atoms with Crippen molar-refractivity contribution in [3.05, 3.63) is 0 Å².